The van der Waals surface area contributed by atoms with Gasteiger partial charge in [-0.2, -0.15) is 0 Å². The van der Waals surface area contributed by atoms with Crippen LogP contribution in [0.4, 0.5) is 0 Å². The lowest BCUT2D eigenvalue weighted by Gasteiger charge is -2.19. The van der Waals surface area contributed by atoms with Crippen LogP contribution in [-0.4, -0.2) is 5.78 Å². The van der Waals surface area contributed by atoms with Crippen molar-refractivity contribution in [2.45, 2.75) is 44.9 Å². The van der Waals surface area contributed by atoms with Gasteiger partial charge in [-0.1, -0.05) is 62.3 Å². The van der Waals surface area contributed by atoms with Crippen molar-refractivity contribution in [1.82, 2.24) is 0 Å². The maximum Gasteiger partial charge on any atom is 0.162 e. The molecule has 1 heteroatoms. The highest BCUT2D eigenvalue weighted by molar-refractivity contribution is 5.98. The maximum atomic E-state index is 12.2. The highest BCUT2D eigenvalue weighted by atomic mass is 16.1. The molecular weight excluding hydrogens is 244 g/mol. The van der Waals surface area contributed by atoms with E-state index in [0.717, 1.165) is 24.8 Å². The molecule has 2 aliphatic rings. The molecule has 0 bridgehead atoms. The number of carbonyl (C=O) groups excluding carboxylic acids is 1. The zero-order chi connectivity index (χ0) is 13.9. The van der Waals surface area contributed by atoms with Crippen LogP contribution >= 0.6 is 0 Å². The summed E-state index contributed by atoms with van der Waals surface area (Å²) in [5.41, 5.74) is 3.83. The van der Waals surface area contributed by atoms with Crippen molar-refractivity contribution in [3.63, 3.8) is 0 Å². The molecule has 104 valence electrons. The van der Waals surface area contributed by atoms with Gasteiger partial charge in [0, 0.05) is 17.9 Å². The third-order valence-electron chi connectivity index (χ3n) is 4.54. The summed E-state index contributed by atoms with van der Waals surface area (Å²) in [6, 6.07) is 8.68. The fourth-order valence-electron chi connectivity index (χ4n) is 3.43. The average molecular weight is 266 g/mol. The Labute approximate surface area is 121 Å². The molecule has 0 saturated heterocycles. The van der Waals surface area contributed by atoms with Gasteiger partial charge in [0.2, 0.25) is 0 Å². The summed E-state index contributed by atoms with van der Waals surface area (Å²) in [7, 11) is 0. The van der Waals surface area contributed by atoms with E-state index in [1.807, 2.05) is 0 Å². The summed E-state index contributed by atoms with van der Waals surface area (Å²) in [6.07, 6.45) is 11.6. The first-order valence-corrected chi connectivity index (χ1v) is 7.80. The molecule has 0 N–H and O–H groups in total. The number of rotatable bonds is 5. The van der Waals surface area contributed by atoms with Crippen LogP contribution in [0.15, 0.2) is 48.1 Å². The van der Waals surface area contributed by atoms with Crippen molar-refractivity contribution < 1.29 is 4.79 Å². The number of allylic oxidation sites excluding steroid dienone is 4. The van der Waals surface area contributed by atoms with E-state index in [9.17, 15) is 4.79 Å². The fraction of sp³-hybridized carbons (Fsp3) is 0.421. The second-order valence-corrected chi connectivity index (χ2v) is 5.95. The molecular formula is C19H22O. The minimum absolute atomic E-state index is 0.323. The summed E-state index contributed by atoms with van der Waals surface area (Å²) in [5.74, 6) is 1.30. The number of ketones is 1. The van der Waals surface area contributed by atoms with Crippen LogP contribution < -0.4 is 0 Å². The summed E-state index contributed by atoms with van der Waals surface area (Å²) < 4.78 is 0. The number of hydrogen-bond acceptors (Lipinski definition) is 1. The number of Topliss-reactive ketones (excluding diaryl/α,β-unsaturated/α-hetero) is 1. The maximum absolute atomic E-state index is 12.2. The van der Waals surface area contributed by atoms with Crippen molar-refractivity contribution in [2.24, 2.45) is 5.92 Å². The van der Waals surface area contributed by atoms with E-state index in [2.05, 4.69) is 49.4 Å². The minimum atomic E-state index is 0.323. The lowest BCUT2D eigenvalue weighted by molar-refractivity contribution is -0.115. The summed E-state index contributed by atoms with van der Waals surface area (Å²) in [4.78, 5) is 12.2. The molecule has 0 saturated carbocycles. The topological polar surface area (TPSA) is 17.1 Å². The first-order chi connectivity index (χ1) is 9.79. The van der Waals surface area contributed by atoms with E-state index in [1.54, 1.807) is 0 Å². The third-order valence-corrected chi connectivity index (χ3v) is 4.54. The van der Waals surface area contributed by atoms with Crippen LogP contribution in [0.1, 0.15) is 49.7 Å². The minimum Gasteiger partial charge on any atom is -0.294 e. The van der Waals surface area contributed by atoms with Gasteiger partial charge < -0.3 is 0 Å². The monoisotopic (exact) mass is 266 g/mol. The van der Waals surface area contributed by atoms with Gasteiger partial charge in [0.1, 0.15) is 0 Å². The number of unbranched alkanes of at least 4 members (excludes halogenated alkanes) is 2. The van der Waals surface area contributed by atoms with Crippen molar-refractivity contribution >= 4 is 5.78 Å². The largest absolute Gasteiger partial charge is 0.294 e. The Bertz CT molecular complexity index is 565. The summed E-state index contributed by atoms with van der Waals surface area (Å²) in [5, 5.41) is 0. The molecule has 0 spiro atoms. The van der Waals surface area contributed by atoms with Crippen molar-refractivity contribution in [1.29, 1.82) is 0 Å². The Balaban J connectivity index is 1.71. The molecule has 0 aliphatic heterocycles. The molecule has 2 atom stereocenters. The number of fused-ring (bicyclic) bond motifs is 3. The molecule has 1 nitrogen and oxygen atoms in total. The van der Waals surface area contributed by atoms with Gasteiger partial charge in [0.05, 0.1) is 0 Å². The molecule has 1 aromatic rings. The quantitative estimate of drug-likeness (QED) is 0.712. The summed E-state index contributed by atoms with van der Waals surface area (Å²) in [6.45, 7) is 2.17. The van der Waals surface area contributed by atoms with Crippen molar-refractivity contribution in [2.75, 3.05) is 0 Å². The van der Waals surface area contributed by atoms with Crippen LogP contribution in [-0.2, 0) is 11.2 Å². The molecule has 0 aromatic heterocycles. The van der Waals surface area contributed by atoms with Crippen LogP contribution in [0, 0.1) is 5.92 Å². The van der Waals surface area contributed by atoms with Gasteiger partial charge in [-0.3, -0.25) is 4.79 Å². The van der Waals surface area contributed by atoms with Gasteiger partial charge in [0.25, 0.3) is 0 Å². The second-order valence-electron chi connectivity index (χ2n) is 5.95. The first-order valence-electron chi connectivity index (χ1n) is 7.80. The number of hydrogen-bond donors (Lipinski definition) is 0. The predicted molar refractivity (Wildman–Crippen MR) is 82.7 cm³/mol. The van der Waals surface area contributed by atoms with Crippen LogP contribution in [0.3, 0.4) is 0 Å². The molecule has 3 rings (SSSR count). The molecule has 0 amide bonds. The van der Waals surface area contributed by atoms with Gasteiger partial charge in [-0.25, -0.2) is 0 Å². The van der Waals surface area contributed by atoms with E-state index in [-0.39, 0.29) is 0 Å². The molecule has 1 aromatic carbocycles. The lowest BCUT2D eigenvalue weighted by Crippen LogP contribution is -2.11. The van der Waals surface area contributed by atoms with E-state index >= 15 is 0 Å². The van der Waals surface area contributed by atoms with Crippen LogP contribution in [0.5, 0.6) is 0 Å². The number of carbonyl (C=O) groups is 1. The van der Waals surface area contributed by atoms with Gasteiger partial charge in [-0.05, 0) is 29.9 Å². The van der Waals surface area contributed by atoms with Gasteiger partial charge in [-0.15, -0.1) is 0 Å². The van der Waals surface area contributed by atoms with Crippen molar-refractivity contribution in [3.05, 3.63) is 59.2 Å². The first kappa shape index (κ1) is 13.4. The molecule has 0 heterocycles. The molecule has 0 fully saturated rings. The highest BCUT2D eigenvalue weighted by Gasteiger charge is 2.31. The third kappa shape index (κ3) is 2.49. The Hall–Kier alpha value is -1.63. The average Bonchev–Trinajstić information content (AvgIpc) is 2.85. The molecule has 2 aliphatic carbocycles. The normalized spacial score (nSPS) is 23.1. The van der Waals surface area contributed by atoms with E-state index in [4.69, 9.17) is 0 Å². The summed E-state index contributed by atoms with van der Waals surface area (Å²) >= 11 is 0. The lowest BCUT2D eigenvalue weighted by atomic mass is 9.84. The SMILES string of the molecule is CCCCCC(=O)C1=C[C@@H]2Cc3ccccc3[C@H]2C=C1. The smallest absolute Gasteiger partial charge is 0.162 e. The Morgan fingerprint density at radius 1 is 1.25 bits per heavy atom. The molecule has 0 unspecified atom stereocenters. The van der Waals surface area contributed by atoms with Crippen LogP contribution in [0.25, 0.3) is 0 Å². The predicted octanol–water partition coefficient (Wildman–Crippen LogP) is 4.59. The standard InChI is InChI=1S/C19H22O/c1-2-3-4-9-19(20)15-10-11-18-16(13-15)12-14-7-5-6-8-17(14)18/h5-8,10-11,13,16,18H,2-4,9,12H2,1H3/t16-,18-/m0/s1. The second kappa shape index (κ2) is 5.78. The fourth-order valence-corrected chi connectivity index (χ4v) is 3.43. The van der Waals surface area contributed by atoms with E-state index < -0.39 is 0 Å². The van der Waals surface area contributed by atoms with Crippen LogP contribution in [0.2, 0.25) is 0 Å². The Morgan fingerprint density at radius 3 is 2.95 bits per heavy atom. The molecule has 0 radical (unpaired) electrons. The van der Waals surface area contributed by atoms with Gasteiger partial charge >= 0.3 is 0 Å². The molecule has 20 heavy (non-hydrogen) atoms. The van der Waals surface area contributed by atoms with E-state index in [0.29, 0.717) is 24.0 Å². The Kier molecular flexibility index (Phi) is 3.86. The van der Waals surface area contributed by atoms with E-state index in [1.165, 1.54) is 17.5 Å². The zero-order valence-electron chi connectivity index (χ0n) is 12.1. The van der Waals surface area contributed by atoms with Gasteiger partial charge in [0.15, 0.2) is 5.78 Å². The Morgan fingerprint density at radius 2 is 2.10 bits per heavy atom. The zero-order valence-corrected chi connectivity index (χ0v) is 12.1. The highest BCUT2D eigenvalue weighted by Crippen LogP contribution is 2.42. The number of benzene rings is 1. The van der Waals surface area contributed by atoms with Crippen molar-refractivity contribution in [3.8, 4) is 0 Å².